The molecule has 0 aliphatic carbocycles. The van der Waals surface area contributed by atoms with E-state index in [1.165, 1.54) is 18.4 Å². The number of ether oxygens (including phenoxy) is 3. The Morgan fingerprint density at radius 1 is 1.00 bits per heavy atom. The maximum Gasteiger partial charge on any atom is 0.514 e. The van der Waals surface area contributed by atoms with Gasteiger partial charge in [-0.25, -0.2) is 4.79 Å². The molecule has 0 saturated heterocycles. The van der Waals surface area contributed by atoms with Crippen molar-refractivity contribution < 1.29 is 33.7 Å². The Morgan fingerprint density at radius 3 is 2.45 bits per heavy atom. The minimum absolute atomic E-state index is 0.0743. The Hall–Kier alpha value is -3.39. The zero-order chi connectivity index (χ0) is 20.8. The Labute approximate surface area is 170 Å². The largest absolute Gasteiger partial charge is 0.514 e. The second-order valence-electron chi connectivity index (χ2n) is 6.09. The second-order valence-corrected chi connectivity index (χ2v) is 7.18. The van der Waals surface area contributed by atoms with Crippen molar-refractivity contribution in [1.29, 1.82) is 0 Å². The summed E-state index contributed by atoms with van der Waals surface area (Å²) in [5.74, 6) is -0.788. The summed E-state index contributed by atoms with van der Waals surface area (Å²) in [5.41, 5.74) is 0.828. The van der Waals surface area contributed by atoms with E-state index in [0.717, 1.165) is 10.3 Å². The van der Waals surface area contributed by atoms with Gasteiger partial charge in [0.05, 0.1) is 18.4 Å². The van der Waals surface area contributed by atoms with Gasteiger partial charge in [-0.15, -0.1) is 11.3 Å². The van der Waals surface area contributed by atoms with Crippen LogP contribution in [-0.2, 0) is 16.1 Å². The molecule has 0 atom stereocenters. The summed E-state index contributed by atoms with van der Waals surface area (Å²) >= 11 is 1.23. The lowest BCUT2D eigenvalue weighted by Gasteiger charge is -2.10. The molecule has 0 amide bonds. The van der Waals surface area contributed by atoms with Crippen molar-refractivity contribution in [3.8, 4) is 11.5 Å². The van der Waals surface area contributed by atoms with E-state index >= 15 is 0 Å². The van der Waals surface area contributed by atoms with Crippen molar-refractivity contribution in [3.05, 3.63) is 59.0 Å². The van der Waals surface area contributed by atoms with Gasteiger partial charge in [0, 0.05) is 17.2 Å². The van der Waals surface area contributed by atoms with Crippen LogP contribution in [0.2, 0.25) is 0 Å². The van der Waals surface area contributed by atoms with Crippen LogP contribution in [0.3, 0.4) is 0 Å². The molecule has 29 heavy (non-hydrogen) atoms. The van der Waals surface area contributed by atoms with Crippen LogP contribution >= 0.6 is 11.3 Å². The molecule has 0 fully saturated rings. The number of benzene rings is 2. The van der Waals surface area contributed by atoms with Crippen LogP contribution in [0.5, 0.6) is 11.5 Å². The highest BCUT2D eigenvalue weighted by molar-refractivity contribution is 7.20. The van der Waals surface area contributed by atoms with E-state index in [1.807, 2.05) is 30.3 Å². The molecule has 0 aliphatic heterocycles. The summed E-state index contributed by atoms with van der Waals surface area (Å²) in [6.45, 7) is 0.0743. The monoisotopic (exact) mass is 414 g/mol. The van der Waals surface area contributed by atoms with Gasteiger partial charge in [0.1, 0.15) is 6.61 Å². The van der Waals surface area contributed by atoms with Gasteiger partial charge in [-0.2, -0.15) is 0 Å². The molecule has 0 aliphatic rings. The molecule has 8 heteroatoms. The highest BCUT2D eigenvalue weighted by Gasteiger charge is 2.17. The van der Waals surface area contributed by atoms with Crippen molar-refractivity contribution >= 4 is 39.3 Å². The van der Waals surface area contributed by atoms with Crippen LogP contribution in [0, 0.1) is 0 Å². The molecule has 3 aromatic rings. The van der Waals surface area contributed by atoms with Crippen molar-refractivity contribution in [1.82, 2.24) is 0 Å². The van der Waals surface area contributed by atoms with Crippen LogP contribution in [0.25, 0.3) is 10.1 Å². The molecule has 0 saturated carbocycles. The summed E-state index contributed by atoms with van der Waals surface area (Å²) in [4.78, 5) is 35.3. The molecular formula is C21H18O7S. The smallest absolute Gasteiger partial charge is 0.493 e. The molecule has 1 aromatic heterocycles. The van der Waals surface area contributed by atoms with E-state index in [1.54, 1.807) is 18.2 Å². The second kappa shape index (κ2) is 9.20. The molecular weight excluding hydrogens is 396 g/mol. The van der Waals surface area contributed by atoms with E-state index in [9.17, 15) is 14.4 Å². The first-order valence-corrected chi connectivity index (χ1v) is 9.53. The Bertz CT molecular complexity index is 1040. The number of Topliss-reactive ketones (excluding diaryl/α,β-unsaturated/α-hetero) is 1. The number of thiophene rings is 1. The maximum absolute atomic E-state index is 12.2. The number of rotatable bonds is 8. The van der Waals surface area contributed by atoms with Gasteiger partial charge in [0.15, 0.2) is 17.3 Å². The van der Waals surface area contributed by atoms with E-state index in [4.69, 9.17) is 19.3 Å². The molecule has 7 nitrogen and oxygen atoms in total. The molecule has 0 unspecified atom stereocenters. The summed E-state index contributed by atoms with van der Waals surface area (Å²) in [6.07, 6.45) is -1.17. The number of carbonyl (C=O) groups is 3. The summed E-state index contributed by atoms with van der Waals surface area (Å²) in [6, 6.07) is 14.1. The minimum atomic E-state index is -1.02. The number of carboxylic acids is 1. The van der Waals surface area contributed by atoms with E-state index in [0.29, 0.717) is 16.0 Å². The van der Waals surface area contributed by atoms with Gasteiger partial charge in [0.2, 0.25) is 0 Å². The van der Waals surface area contributed by atoms with E-state index in [2.05, 4.69) is 0 Å². The van der Waals surface area contributed by atoms with Crippen LogP contribution in [0.15, 0.2) is 48.5 Å². The van der Waals surface area contributed by atoms with E-state index < -0.39 is 12.1 Å². The first-order chi connectivity index (χ1) is 14.0. The molecule has 150 valence electrons. The minimum Gasteiger partial charge on any atom is -0.493 e. The van der Waals surface area contributed by atoms with Crippen LogP contribution in [-0.4, -0.2) is 30.1 Å². The van der Waals surface area contributed by atoms with Gasteiger partial charge in [-0.1, -0.05) is 30.3 Å². The summed E-state index contributed by atoms with van der Waals surface area (Å²) in [5, 5.41) is 9.41. The van der Waals surface area contributed by atoms with Crippen LogP contribution in [0.1, 0.15) is 28.1 Å². The summed E-state index contributed by atoms with van der Waals surface area (Å²) in [7, 11) is 1.44. The molecule has 0 spiro atoms. The van der Waals surface area contributed by atoms with Crippen molar-refractivity contribution in [2.45, 2.75) is 19.4 Å². The topological polar surface area (TPSA) is 99.1 Å². The Balaban J connectivity index is 1.74. The zero-order valence-corrected chi connectivity index (χ0v) is 16.4. The zero-order valence-electron chi connectivity index (χ0n) is 15.5. The molecule has 0 bridgehead atoms. The predicted octanol–water partition coefficient (Wildman–Crippen LogP) is 4.67. The predicted molar refractivity (Wildman–Crippen MR) is 107 cm³/mol. The van der Waals surface area contributed by atoms with Gasteiger partial charge < -0.3 is 19.3 Å². The molecule has 3 rings (SSSR count). The quantitative estimate of drug-likeness (QED) is 0.325. The van der Waals surface area contributed by atoms with Crippen molar-refractivity contribution in [2.24, 2.45) is 0 Å². The lowest BCUT2D eigenvalue weighted by Crippen LogP contribution is -2.11. The Morgan fingerprint density at radius 2 is 1.76 bits per heavy atom. The Kier molecular flexibility index (Phi) is 6.46. The molecule has 1 N–H and O–H groups in total. The summed E-state index contributed by atoms with van der Waals surface area (Å²) < 4.78 is 16.4. The van der Waals surface area contributed by atoms with Gasteiger partial charge in [-0.3, -0.25) is 9.59 Å². The highest BCUT2D eigenvalue weighted by atomic mass is 32.1. The number of methoxy groups -OCH3 is 1. The number of ketones is 1. The number of carbonyl (C=O) groups excluding carboxylic acids is 2. The fourth-order valence-corrected chi connectivity index (χ4v) is 3.64. The standard InChI is InChI=1S/C21H18O7S/c1-26-16-11-18-14(10-19(29-18)15(22)7-8-20(23)24)9-17(16)28-21(25)27-12-13-5-3-2-4-6-13/h2-6,9-11H,7-8,12H2,1H3,(H,23,24). The third kappa shape index (κ3) is 5.32. The maximum atomic E-state index is 12.2. The number of carboxylic acid groups (broad SMARTS) is 1. The van der Waals surface area contributed by atoms with E-state index in [-0.39, 0.29) is 31.0 Å². The third-order valence-electron chi connectivity index (χ3n) is 4.04. The van der Waals surface area contributed by atoms with Crippen LogP contribution < -0.4 is 9.47 Å². The van der Waals surface area contributed by atoms with Gasteiger partial charge >= 0.3 is 12.1 Å². The van der Waals surface area contributed by atoms with Crippen molar-refractivity contribution in [3.63, 3.8) is 0 Å². The SMILES string of the molecule is COc1cc2sc(C(=O)CCC(=O)O)cc2cc1OC(=O)OCc1ccccc1. The molecule has 0 radical (unpaired) electrons. The normalized spacial score (nSPS) is 10.5. The average Bonchev–Trinajstić information content (AvgIpc) is 3.13. The number of hydrogen-bond acceptors (Lipinski definition) is 7. The average molecular weight is 414 g/mol. The molecule has 2 aromatic carbocycles. The first-order valence-electron chi connectivity index (χ1n) is 8.71. The fraction of sp³-hybridized carbons (Fsp3) is 0.190. The van der Waals surface area contributed by atoms with Crippen molar-refractivity contribution in [2.75, 3.05) is 7.11 Å². The fourth-order valence-electron chi connectivity index (χ4n) is 2.60. The highest BCUT2D eigenvalue weighted by Crippen LogP contribution is 2.37. The first kappa shape index (κ1) is 20.3. The van der Waals surface area contributed by atoms with Gasteiger partial charge in [-0.05, 0) is 23.1 Å². The van der Waals surface area contributed by atoms with Crippen LogP contribution in [0.4, 0.5) is 4.79 Å². The number of hydrogen-bond donors (Lipinski definition) is 1. The lowest BCUT2D eigenvalue weighted by molar-refractivity contribution is -0.136. The lowest BCUT2D eigenvalue weighted by atomic mass is 10.1. The number of aliphatic carboxylic acids is 1. The third-order valence-corrected chi connectivity index (χ3v) is 5.18. The van der Waals surface area contributed by atoms with Gasteiger partial charge in [0.25, 0.3) is 0 Å². The number of fused-ring (bicyclic) bond motifs is 1. The molecule has 1 heterocycles.